The van der Waals surface area contributed by atoms with Crippen molar-refractivity contribution < 1.29 is 27.5 Å². The first-order valence-corrected chi connectivity index (χ1v) is 4.95. The Kier molecular flexibility index (Phi) is 4.15. The third-order valence-electron chi connectivity index (χ3n) is 2.31. The summed E-state index contributed by atoms with van der Waals surface area (Å²) in [5.74, 6) is -6.91. The van der Waals surface area contributed by atoms with Crippen molar-refractivity contribution in [2.45, 2.75) is 18.9 Å². The molecule has 0 fully saturated rings. The highest BCUT2D eigenvalue weighted by Crippen LogP contribution is 2.26. The van der Waals surface area contributed by atoms with Crippen LogP contribution in [0.1, 0.15) is 5.56 Å². The zero-order chi connectivity index (χ0) is 13.9. The lowest BCUT2D eigenvalue weighted by Gasteiger charge is -2.23. The number of carbonyl (C=O) groups is 1. The first-order chi connectivity index (χ1) is 8.26. The summed E-state index contributed by atoms with van der Waals surface area (Å²) in [6, 6.07) is 5.74. The third kappa shape index (κ3) is 2.91. The number of phenols is 1. The predicted molar refractivity (Wildman–Crippen MR) is 55.5 cm³/mol. The summed E-state index contributed by atoms with van der Waals surface area (Å²) in [7, 11) is 0.963. The molecule has 0 radical (unpaired) electrons. The van der Waals surface area contributed by atoms with Crippen LogP contribution in [0.25, 0.3) is 0 Å². The van der Waals surface area contributed by atoms with E-state index in [9.17, 15) is 27.5 Å². The molecule has 18 heavy (non-hydrogen) atoms. The Balaban J connectivity index is 2.81. The molecule has 100 valence electrons. The van der Waals surface area contributed by atoms with Crippen LogP contribution in [-0.4, -0.2) is 35.3 Å². The van der Waals surface area contributed by atoms with E-state index in [1.54, 1.807) is 0 Å². The minimum atomic E-state index is -4.72. The number of nitrogens with zero attached hydrogens (tertiary/aromatic N) is 1. The van der Waals surface area contributed by atoms with Gasteiger partial charge in [-0.1, -0.05) is 18.2 Å². The van der Waals surface area contributed by atoms with Gasteiger partial charge in [0.05, 0.1) is 0 Å². The lowest BCUT2D eigenvalue weighted by atomic mass is 10.2. The van der Waals surface area contributed by atoms with E-state index in [-0.39, 0.29) is 17.9 Å². The second-order valence-corrected chi connectivity index (χ2v) is 3.71. The van der Waals surface area contributed by atoms with E-state index in [1.807, 2.05) is 0 Å². The van der Waals surface area contributed by atoms with Crippen molar-refractivity contribution in [3.63, 3.8) is 0 Å². The maximum atomic E-state index is 12.8. The summed E-state index contributed by atoms with van der Waals surface area (Å²) in [6.07, 6.45) is -4.06. The number of rotatable bonds is 4. The first kappa shape index (κ1) is 14.3. The molecular formula is C11H11F4NO2. The summed E-state index contributed by atoms with van der Waals surface area (Å²) in [4.78, 5) is 11.6. The zero-order valence-corrected chi connectivity index (χ0v) is 9.41. The number of para-hydroxylation sites is 1. The van der Waals surface area contributed by atoms with Crippen molar-refractivity contribution >= 4 is 5.91 Å². The number of hydrogen-bond donors (Lipinski definition) is 1. The number of halogens is 4. The highest BCUT2D eigenvalue weighted by molar-refractivity contribution is 5.83. The number of phenolic OH excluding ortho intramolecular Hbond substituents is 1. The zero-order valence-electron chi connectivity index (χ0n) is 9.41. The molecule has 0 saturated carbocycles. The van der Waals surface area contributed by atoms with Gasteiger partial charge in [0.15, 0.2) is 0 Å². The van der Waals surface area contributed by atoms with Gasteiger partial charge in [-0.25, -0.2) is 8.78 Å². The molecule has 1 N–H and O–H groups in total. The molecule has 0 aliphatic rings. The maximum Gasteiger partial charge on any atom is 0.383 e. The molecule has 1 amide bonds. The SMILES string of the molecule is CN(Cc1ccccc1O)C(=O)C(F)(F)C(F)F. The highest BCUT2D eigenvalue weighted by atomic mass is 19.3. The molecule has 0 atom stereocenters. The first-order valence-electron chi connectivity index (χ1n) is 4.95. The number of hydrogen-bond acceptors (Lipinski definition) is 2. The van der Waals surface area contributed by atoms with E-state index in [0.717, 1.165) is 7.05 Å². The number of alkyl halides is 4. The van der Waals surface area contributed by atoms with Crippen LogP contribution in [0.2, 0.25) is 0 Å². The Morgan fingerprint density at radius 3 is 2.44 bits per heavy atom. The quantitative estimate of drug-likeness (QED) is 0.848. The van der Waals surface area contributed by atoms with E-state index >= 15 is 0 Å². The smallest absolute Gasteiger partial charge is 0.383 e. The second kappa shape index (κ2) is 5.24. The van der Waals surface area contributed by atoms with Gasteiger partial charge in [-0.3, -0.25) is 4.79 Å². The summed E-state index contributed by atoms with van der Waals surface area (Å²) in [5.41, 5.74) is 0.193. The van der Waals surface area contributed by atoms with Gasteiger partial charge in [-0.05, 0) is 6.07 Å². The summed E-state index contributed by atoms with van der Waals surface area (Å²) in [5, 5.41) is 9.38. The largest absolute Gasteiger partial charge is 0.508 e. The molecule has 1 aromatic rings. The molecule has 1 aromatic carbocycles. The lowest BCUT2D eigenvalue weighted by molar-refractivity contribution is -0.179. The van der Waals surface area contributed by atoms with Crippen LogP contribution in [0, 0.1) is 0 Å². The van der Waals surface area contributed by atoms with Gasteiger partial charge < -0.3 is 10.0 Å². The van der Waals surface area contributed by atoms with Crippen molar-refractivity contribution in [2.75, 3.05) is 7.05 Å². The standard InChI is InChI=1S/C11H11F4NO2/c1-16(10(18)11(14,15)9(12)13)6-7-4-2-3-5-8(7)17/h2-5,9,17H,6H2,1H3. The maximum absolute atomic E-state index is 12.8. The van der Waals surface area contributed by atoms with Crippen LogP contribution in [-0.2, 0) is 11.3 Å². The average molecular weight is 265 g/mol. The van der Waals surface area contributed by atoms with Crippen molar-refractivity contribution in [3.8, 4) is 5.75 Å². The fourth-order valence-electron chi connectivity index (χ4n) is 1.32. The van der Waals surface area contributed by atoms with Gasteiger partial charge in [0.25, 0.3) is 5.91 Å². The molecule has 0 aliphatic heterocycles. The fraction of sp³-hybridized carbons (Fsp3) is 0.364. The average Bonchev–Trinajstić information content (AvgIpc) is 2.30. The van der Waals surface area contributed by atoms with Crippen molar-refractivity contribution in [3.05, 3.63) is 29.8 Å². The molecule has 0 heterocycles. The number of carbonyl (C=O) groups excluding carboxylic acids is 1. The molecule has 0 unspecified atom stereocenters. The van der Waals surface area contributed by atoms with Gasteiger partial charge >= 0.3 is 12.3 Å². The van der Waals surface area contributed by atoms with Gasteiger partial charge in [-0.15, -0.1) is 0 Å². The molecule has 0 bridgehead atoms. The Morgan fingerprint density at radius 2 is 1.94 bits per heavy atom. The Labute approximate surface area is 101 Å². The fourth-order valence-corrected chi connectivity index (χ4v) is 1.32. The molecule has 0 aromatic heterocycles. The number of benzene rings is 1. The molecular weight excluding hydrogens is 254 g/mol. The molecule has 0 spiro atoms. The molecule has 1 rings (SSSR count). The van der Waals surface area contributed by atoms with E-state index in [0.29, 0.717) is 4.90 Å². The summed E-state index contributed by atoms with van der Waals surface area (Å²) in [6.45, 7) is -0.381. The van der Waals surface area contributed by atoms with E-state index in [2.05, 4.69) is 0 Å². The van der Waals surface area contributed by atoms with Crippen LogP contribution in [0.4, 0.5) is 17.6 Å². The lowest BCUT2D eigenvalue weighted by Crippen LogP contribution is -2.45. The van der Waals surface area contributed by atoms with Gasteiger partial charge in [-0.2, -0.15) is 8.78 Å². The molecule has 0 aliphatic carbocycles. The van der Waals surface area contributed by atoms with E-state index in [4.69, 9.17) is 0 Å². The van der Waals surface area contributed by atoms with Gasteiger partial charge in [0.1, 0.15) is 5.75 Å². The van der Waals surface area contributed by atoms with Crippen LogP contribution in [0.3, 0.4) is 0 Å². The van der Waals surface area contributed by atoms with Gasteiger partial charge in [0, 0.05) is 19.2 Å². The van der Waals surface area contributed by atoms with Crippen LogP contribution in [0.5, 0.6) is 5.75 Å². The molecule has 7 heteroatoms. The molecule has 3 nitrogen and oxygen atoms in total. The van der Waals surface area contributed by atoms with E-state index < -0.39 is 18.3 Å². The minimum Gasteiger partial charge on any atom is -0.508 e. The van der Waals surface area contributed by atoms with Crippen molar-refractivity contribution in [2.24, 2.45) is 0 Å². The Morgan fingerprint density at radius 1 is 1.39 bits per heavy atom. The Hall–Kier alpha value is -1.79. The van der Waals surface area contributed by atoms with Crippen molar-refractivity contribution in [1.82, 2.24) is 4.90 Å². The second-order valence-electron chi connectivity index (χ2n) is 3.71. The third-order valence-corrected chi connectivity index (χ3v) is 2.31. The predicted octanol–water partition coefficient (Wildman–Crippen LogP) is 2.25. The van der Waals surface area contributed by atoms with E-state index in [1.165, 1.54) is 24.3 Å². The minimum absolute atomic E-state index is 0.193. The van der Waals surface area contributed by atoms with Crippen LogP contribution in [0.15, 0.2) is 24.3 Å². The number of aromatic hydroxyl groups is 1. The van der Waals surface area contributed by atoms with Crippen molar-refractivity contribution in [1.29, 1.82) is 0 Å². The normalized spacial score (nSPS) is 11.7. The molecule has 0 saturated heterocycles. The van der Waals surface area contributed by atoms with Crippen LogP contribution < -0.4 is 0 Å². The highest BCUT2D eigenvalue weighted by Gasteiger charge is 2.50. The number of amides is 1. The summed E-state index contributed by atoms with van der Waals surface area (Å²) >= 11 is 0. The summed E-state index contributed by atoms with van der Waals surface area (Å²) < 4.78 is 49.6. The monoisotopic (exact) mass is 265 g/mol. The topological polar surface area (TPSA) is 40.5 Å². The Bertz CT molecular complexity index is 437. The van der Waals surface area contributed by atoms with Crippen LogP contribution >= 0.6 is 0 Å². The van der Waals surface area contributed by atoms with Gasteiger partial charge in [0.2, 0.25) is 0 Å².